The van der Waals surface area contributed by atoms with Gasteiger partial charge >= 0.3 is 0 Å². The van der Waals surface area contributed by atoms with Crippen molar-refractivity contribution in [1.29, 1.82) is 0 Å². The zero-order chi connectivity index (χ0) is 13.9. The highest BCUT2D eigenvalue weighted by Crippen LogP contribution is 2.32. The predicted molar refractivity (Wildman–Crippen MR) is 62.3 cm³/mol. The summed E-state index contributed by atoms with van der Waals surface area (Å²) in [7, 11) is 0. The van der Waals surface area contributed by atoms with E-state index in [0.717, 1.165) is 0 Å². The lowest BCUT2D eigenvalue weighted by Gasteiger charge is -2.17. The highest BCUT2D eigenvalue weighted by atomic mass is 16.6. The van der Waals surface area contributed by atoms with Crippen molar-refractivity contribution in [1.82, 2.24) is 0 Å². The lowest BCUT2D eigenvalue weighted by atomic mass is 9.99. The molecule has 98 valence electrons. The van der Waals surface area contributed by atoms with Gasteiger partial charge in [-0.05, 0) is 12.1 Å². The van der Waals surface area contributed by atoms with Gasteiger partial charge in [-0.3, -0.25) is 14.9 Å². The smallest absolute Gasteiger partial charge is 0.297 e. The molecule has 1 aromatic rings. The van der Waals surface area contributed by atoms with Crippen molar-refractivity contribution < 1.29 is 19.9 Å². The molecule has 6 N–H and O–H groups in total. The summed E-state index contributed by atoms with van der Waals surface area (Å²) in [4.78, 5) is 20.7. The molecule has 1 rings (SSSR count). The van der Waals surface area contributed by atoms with Gasteiger partial charge in [-0.1, -0.05) is 6.07 Å². The molecule has 2 unspecified atom stereocenters. The van der Waals surface area contributed by atoms with Gasteiger partial charge in [0, 0.05) is 0 Å². The molecule has 0 aromatic heterocycles. The van der Waals surface area contributed by atoms with Crippen LogP contribution in [0, 0.1) is 10.1 Å². The van der Waals surface area contributed by atoms with Crippen molar-refractivity contribution >= 4 is 17.3 Å². The molecule has 0 spiro atoms. The monoisotopic (exact) mass is 255 g/mol. The van der Waals surface area contributed by atoms with Gasteiger partial charge < -0.3 is 21.7 Å². The van der Waals surface area contributed by atoms with Crippen LogP contribution in [0.15, 0.2) is 18.2 Å². The van der Waals surface area contributed by atoms with E-state index in [0.29, 0.717) is 0 Å². The number of nitro benzene ring substituents is 1. The first kappa shape index (κ1) is 13.9. The molecule has 2 atom stereocenters. The number of primary amides is 1. The second-order valence-electron chi connectivity index (χ2n) is 3.72. The number of rotatable bonds is 5. The van der Waals surface area contributed by atoms with Crippen molar-refractivity contribution in [2.24, 2.45) is 5.73 Å². The van der Waals surface area contributed by atoms with E-state index in [1.54, 1.807) is 0 Å². The summed E-state index contributed by atoms with van der Waals surface area (Å²) in [5.41, 5.74) is 9.52. The van der Waals surface area contributed by atoms with Crippen LogP contribution in [-0.2, 0) is 4.79 Å². The number of carbonyl (C=O) groups is 1. The summed E-state index contributed by atoms with van der Waals surface area (Å²) in [6, 6.07) is 3.95. The van der Waals surface area contributed by atoms with Crippen molar-refractivity contribution in [3.05, 3.63) is 33.9 Å². The Labute approximate surface area is 102 Å². The first-order chi connectivity index (χ1) is 8.34. The molecule has 8 nitrogen and oxygen atoms in total. The molecule has 0 aliphatic carbocycles. The fourth-order valence-corrected chi connectivity index (χ4v) is 1.55. The molecular weight excluding hydrogens is 242 g/mol. The summed E-state index contributed by atoms with van der Waals surface area (Å²) in [5.74, 6) is -0.826. The SMILES string of the molecule is NC(=O)CC(O)C(O)c1cccc(N)c1[N+](=O)[O-]. The number of para-hydroxylation sites is 1. The van der Waals surface area contributed by atoms with Gasteiger partial charge in [0.05, 0.1) is 23.0 Å². The summed E-state index contributed by atoms with van der Waals surface area (Å²) in [6.07, 6.45) is -3.64. The van der Waals surface area contributed by atoms with Crippen molar-refractivity contribution in [3.63, 3.8) is 0 Å². The van der Waals surface area contributed by atoms with Gasteiger partial charge in [0.2, 0.25) is 5.91 Å². The minimum Gasteiger partial charge on any atom is -0.393 e. The minimum absolute atomic E-state index is 0.136. The van der Waals surface area contributed by atoms with E-state index in [1.165, 1.54) is 18.2 Å². The van der Waals surface area contributed by atoms with E-state index >= 15 is 0 Å². The normalized spacial score (nSPS) is 13.9. The van der Waals surface area contributed by atoms with Crippen LogP contribution in [-0.4, -0.2) is 27.1 Å². The Bertz CT molecular complexity index is 477. The van der Waals surface area contributed by atoms with Crippen LogP contribution >= 0.6 is 0 Å². The molecule has 18 heavy (non-hydrogen) atoms. The topological polar surface area (TPSA) is 153 Å². The highest BCUT2D eigenvalue weighted by molar-refractivity contribution is 5.74. The molecule has 0 aliphatic heterocycles. The first-order valence-corrected chi connectivity index (χ1v) is 5.01. The van der Waals surface area contributed by atoms with Crippen molar-refractivity contribution in [3.8, 4) is 0 Å². The number of amides is 1. The fourth-order valence-electron chi connectivity index (χ4n) is 1.55. The molecule has 8 heteroatoms. The Balaban J connectivity index is 3.12. The molecular formula is C10H13N3O5. The second kappa shape index (κ2) is 5.43. The zero-order valence-corrected chi connectivity index (χ0v) is 9.31. The van der Waals surface area contributed by atoms with Crippen LogP contribution in [0.2, 0.25) is 0 Å². The predicted octanol–water partition coefficient (Wildman–Crippen LogP) is -0.553. The minimum atomic E-state index is -1.61. The molecule has 1 amide bonds. The maximum atomic E-state index is 10.8. The van der Waals surface area contributed by atoms with Crippen LogP contribution in [0.3, 0.4) is 0 Å². The third-order valence-electron chi connectivity index (χ3n) is 2.37. The molecule has 0 fully saturated rings. The Morgan fingerprint density at radius 2 is 2.06 bits per heavy atom. The molecule has 0 bridgehead atoms. The van der Waals surface area contributed by atoms with Gasteiger partial charge in [0.1, 0.15) is 11.8 Å². The van der Waals surface area contributed by atoms with Gasteiger partial charge in [0.25, 0.3) is 5.69 Å². The standard InChI is InChI=1S/C10H13N3O5/c11-6-3-1-2-5(9(6)13(17)18)10(16)7(14)4-8(12)15/h1-3,7,10,14,16H,4,11H2,(H2,12,15). The summed E-state index contributed by atoms with van der Waals surface area (Å²) in [5, 5.41) is 30.1. The fraction of sp³-hybridized carbons (Fsp3) is 0.300. The van der Waals surface area contributed by atoms with Crippen molar-refractivity contribution in [2.45, 2.75) is 18.6 Å². The van der Waals surface area contributed by atoms with Gasteiger partial charge in [-0.15, -0.1) is 0 Å². The van der Waals surface area contributed by atoms with Crippen LogP contribution in [0.25, 0.3) is 0 Å². The number of aliphatic hydroxyl groups is 2. The van der Waals surface area contributed by atoms with E-state index in [1.807, 2.05) is 0 Å². The highest BCUT2D eigenvalue weighted by Gasteiger charge is 2.28. The average molecular weight is 255 g/mol. The second-order valence-corrected chi connectivity index (χ2v) is 3.72. The summed E-state index contributed by atoms with van der Waals surface area (Å²) >= 11 is 0. The van der Waals surface area contributed by atoms with E-state index in [4.69, 9.17) is 11.5 Å². The quantitative estimate of drug-likeness (QED) is 0.314. The summed E-state index contributed by atoms with van der Waals surface area (Å²) < 4.78 is 0. The Morgan fingerprint density at radius 3 is 2.56 bits per heavy atom. The lowest BCUT2D eigenvalue weighted by Crippen LogP contribution is -2.26. The number of hydrogen-bond acceptors (Lipinski definition) is 6. The number of benzene rings is 1. The number of anilines is 1. The summed E-state index contributed by atoms with van der Waals surface area (Å²) in [6.45, 7) is 0. The number of nitrogens with two attached hydrogens (primary N) is 2. The van der Waals surface area contributed by atoms with Gasteiger partial charge in [-0.2, -0.15) is 0 Å². The number of nitro groups is 1. The van der Waals surface area contributed by atoms with Crippen LogP contribution in [0.4, 0.5) is 11.4 Å². The third-order valence-corrected chi connectivity index (χ3v) is 2.37. The number of carbonyl (C=O) groups excluding carboxylic acids is 1. The van der Waals surface area contributed by atoms with Crippen LogP contribution in [0.5, 0.6) is 0 Å². The molecule has 0 heterocycles. The third kappa shape index (κ3) is 2.93. The first-order valence-electron chi connectivity index (χ1n) is 5.01. The van der Waals surface area contributed by atoms with E-state index in [2.05, 4.69) is 0 Å². The number of hydrogen-bond donors (Lipinski definition) is 4. The molecule has 0 saturated carbocycles. The Hall–Kier alpha value is -2.19. The Kier molecular flexibility index (Phi) is 4.18. The van der Waals surface area contributed by atoms with Crippen molar-refractivity contribution in [2.75, 3.05) is 5.73 Å². The van der Waals surface area contributed by atoms with E-state index in [-0.39, 0.29) is 11.3 Å². The zero-order valence-electron chi connectivity index (χ0n) is 9.31. The van der Waals surface area contributed by atoms with Gasteiger partial charge in [-0.25, -0.2) is 0 Å². The number of nitrogens with zero attached hydrogens (tertiary/aromatic N) is 1. The Morgan fingerprint density at radius 1 is 1.44 bits per heavy atom. The lowest BCUT2D eigenvalue weighted by molar-refractivity contribution is -0.385. The average Bonchev–Trinajstić information content (AvgIpc) is 2.26. The van der Waals surface area contributed by atoms with Crippen LogP contribution in [0.1, 0.15) is 18.1 Å². The van der Waals surface area contributed by atoms with Crippen LogP contribution < -0.4 is 11.5 Å². The maximum absolute atomic E-state index is 10.8. The number of aliphatic hydroxyl groups excluding tert-OH is 2. The molecule has 1 aromatic carbocycles. The largest absolute Gasteiger partial charge is 0.393 e. The number of nitrogen functional groups attached to an aromatic ring is 1. The van der Waals surface area contributed by atoms with E-state index in [9.17, 15) is 25.1 Å². The van der Waals surface area contributed by atoms with E-state index < -0.39 is 35.1 Å². The molecule has 0 aliphatic rings. The van der Waals surface area contributed by atoms with Gasteiger partial charge in [0.15, 0.2) is 0 Å². The maximum Gasteiger partial charge on any atom is 0.297 e. The molecule has 0 radical (unpaired) electrons. The molecule has 0 saturated heterocycles.